The van der Waals surface area contributed by atoms with Gasteiger partial charge in [0.15, 0.2) is 0 Å². The molecule has 4 heteroatoms. The van der Waals surface area contributed by atoms with Gasteiger partial charge in [-0.25, -0.2) is 9.59 Å². The van der Waals surface area contributed by atoms with Crippen molar-refractivity contribution < 1.29 is 19.1 Å². The number of rotatable bonds is 4. The lowest BCUT2D eigenvalue weighted by atomic mass is 9.54. The number of carbonyl (C=O) groups excluding carboxylic acids is 2. The minimum Gasteiger partial charge on any atom is -0.455 e. The third-order valence-electron chi connectivity index (χ3n) is 10.6. The summed E-state index contributed by atoms with van der Waals surface area (Å²) in [5.41, 5.74) is 1.42. The minimum absolute atomic E-state index is 0.185. The Bertz CT molecular complexity index is 980. The summed E-state index contributed by atoms with van der Waals surface area (Å²) in [6, 6.07) is 18.2. The number of esters is 2. The lowest BCUT2D eigenvalue weighted by molar-refractivity contribution is -0.116. The Kier molecular flexibility index (Phi) is 5.61. The number of fused-ring (bicyclic) bond motifs is 5. The van der Waals surface area contributed by atoms with E-state index in [1.54, 1.807) is 24.3 Å². The van der Waals surface area contributed by atoms with Crippen LogP contribution in [0.1, 0.15) is 68.2 Å². The Morgan fingerprint density at radius 3 is 1.38 bits per heavy atom. The smallest absolute Gasteiger partial charge is 0.338 e. The maximum Gasteiger partial charge on any atom is 0.338 e. The molecule has 3 fully saturated rings. The number of hydrogen-bond donors (Lipinski definition) is 0. The van der Waals surface area contributed by atoms with E-state index < -0.39 is 12.2 Å². The zero-order valence-electron chi connectivity index (χ0n) is 20.9. The van der Waals surface area contributed by atoms with Crippen molar-refractivity contribution in [2.45, 2.75) is 59.7 Å². The van der Waals surface area contributed by atoms with Gasteiger partial charge in [0.25, 0.3) is 0 Å². The molecule has 0 spiro atoms. The van der Waals surface area contributed by atoms with Gasteiger partial charge in [-0.1, -0.05) is 71.0 Å². The predicted molar refractivity (Wildman–Crippen MR) is 131 cm³/mol. The van der Waals surface area contributed by atoms with Gasteiger partial charge in [0.2, 0.25) is 0 Å². The van der Waals surface area contributed by atoms with Crippen LogP contribution in [0.2, 0.25) is 0 Å². The van der Waals surface area contributed by atoms with Crippen molar-refractivity contribution in [3.05, 3.63) is 71.8 Å². The Hall–Kier alpha value is -2.62. The summed E-state index contributed by atoms with van der Waals surface area (Å²) in [5.74, 6) is 1.95. The molecule has 2 aromatic carbocycles. The highest BCUT2D eigenvalue weighted by Crippen LogP contribution is 2.77. The van der Waals surface area contributed by atoms with Crippen molar-refractivity contribution in [3.63, 3.8) is 0 Å². The van der Waals surface area contributed by atoms with Crippen LogP contribution in [0.3, 0.4) is 0 Å². The quantitative estimate of drug-likeness (QED) is 0.495. The highest BCUT2D eigenvalue weighted by atomic mass is 16.6. The molecule has 0 heterocycles. The lowest BCUT2D eigenvalue weighted by Crippen LogP contribution is -2.52. The van der Waals surface area contributed by atoms with Crippen LogP contribution in [0.15, 0.2) is 60.7 Å². The molecule has 8 unspecified atom stereocenters. The summed E-state index contributed by atoms with van der Waals surface area (Å²) in [6.45, 7) is 12.1. The number of hydrogen-bond acceptors (Lipinski definition) is 4. The molecule has 4 nitrogen and oxygen atoms in total. The fraction of sp³-hybridized carbons (Fsp3) is 0.533. The maximum atomic E-state index is 13.0. The molecule has 0 amide bonds. The van der Waals surface area contributed by atoms with Crippen molar-refractivity contribution in [2.75, 3.05) is 0 Å². The van der Waals surface area contributed by atoms with Gasteiger partial charge in [0.1, 0.15) is 12.2 Å². The van der Waals surface area contributed by atoms with Gasteiger partial charge in [-0.15, -0.1) is 0 Å². The molecule has 2 aromatic rings. The molecule has 0 N–H and O–H groups in total. The van der Waals surface area contributed by atoms with Crippen LogP contribution < -0.4 is 0 Å². The van der Waals surface area contributed by atoms with E-state index in [1.807, 2.05) is 36.4 Å². The second kappa shape index (κ2) is 8.25. The van der Waals surface area contributed by atoms with Crippen LogP contribution in [-0.2, 0) is 9.47 Å². The first-order valence-corrected chi connectivity index (χ1v) is 12.7. The average Bonchev–Trinajstić information content (AvgIpc) is 3.11. The standard InChI is InChI=1S/C30H36O4/c1-18-19(2)30(5)20(3)29(18,4)23-16-25(33-27(31)21-12-8-6-9-13-21)26(17-24(23)30)34-28(32)22-14-10-7-11-15-22/h6-15,18-20,23-26H,16-17H2,1-5H3. The first kappa shape index (κ1) is 23.1. The molecule has 2 bridgehead atoms. The SMILES string of the molecule is CC1C(C)C2(C)C3CC(OC(=O)c4ccccc4)C(OC(=O)c4ccccc4)CC3C1(C)C2C. The van der Waals surface area contributed by atoms with E-state index in [9.17, 15) is 9.59 Å². The van der Waals surface area contributed by atoms with Crippen molar-refractivity contribution >= 4 is 11.9 Å². The number of benzene rings is 2. The summed E-state index contributed by atoms with van der Waals surface area (Å²) in [6.07, 6.45) is 0.583. The first-order chi connectivity index (χ1) is 16.2. The predicted octanol–water partition coefficient (Wildman–Crippen LogP) is 6.41. The van der Waals surface area contributed by atoms with Crippen molar-refractivity contribution in [2.24, 2.45) is 40.4 Å². The maximum absolute atomic E-state index is 13.0. The molecule has 3 saturated carbocycles. The largest absolute Gasteiger partial charge is 0.455 e. The zero-order chi connectivity index (χ0) is 24.3. The Morgan fingerprint density at radius 1 is 0.676 bits per heavy atom. The van der Waals surface area contributed by atoms with Gasteiger partial charge < -0.3 is 9.47 Å². The van der Waals surface area contributed by atoms with Gasteiger partial charge in [-0.3, -0.25) is 0 Å². The van der Waals surface area contributed by atoms with Gasteiger partial charge in [-0.2, -0.15) is 0 Å². The lowest BCUT2D eigenvalue weighted by Gasteiger charge is -2.52. The number of ether oxygens (including phenoxy) is 2. The van der Waals surface area contributed by atoms with Gasteiger partial charge in [0, 0.05) is 0 Å². The molecule has 3 aliphatic carbocycles. The second-order valence-electron chi connectivity index (χ2n) is 11.3. The second-order valence-corrected chi connectivity index (χ2v) is 11.3. The van der Waals surface area contributed by atoms with E-state index in [0.717, 1.165) is 12.8 Å². The Labute approximate surface area is 203 Å². The van der Waals surface area contributed by atoms with Gasteiger partial charge in [-0.05, 0) is 77.5 Å². The molecule has 3 aliphatic rings. The molecule has 0 aliphatic heterocycles. The zero-order valence-corrected chi connectivity index (χ0v) is 20.9. The third kappa shape index (κ3) is 3.25. The van der Waals surface area contributed by atoms with E-state index in [0.29, 0.717) is 40.7 Å². The van der Waals surface area contributed by atoms with E-state index in [1.165, 1.54) is 0 Å². The molecular weight excluding hydrogens is 424 g/mol. The Balaban J connectivity index is 1.46. The third-order valence-corrected chi connectivity index (χ3v) is 10.6. The highest BCUT2D eigenvalue weighted by Gasteiger charge is 2.73. The van der Waals surface area contributed by atoms with Crippen LogP contribution in [0, 0.1) is 40.4 Å². The normalized spacial score (nSPS) is 40.4. The molecule has 0 radical (unpaired) electrons. The fourth-order valence-electron chi connectivity index (χ4n) is 8.17. The van der Waals surface area contributed by atoms with Gasteiger partial charge >= 0.3 is 11.9 Å². The van der Waals surface area contributed by atoms with Crippen LogP contribution in [0.5, 0.6) is 0 Å². The molecule has 8 atom stereocenters. The van der Waals surface area contributed by atoms with Gasteiger partial charge in [0.05, 0.1) is 11.1 Å². The van der Waals surface area contributed by atoms with Crippen molar-refractivity contribution in [3.8, 4) is 0 Å². The fourth-order valence-corrected chi connectivity index (χ4v) is 8.17. The average molecular weight is 461 g/mol. The van der Waals surface area contributed by atoms with Crippen molar-refractivity contribution in [1.82, 2.24) is 0 Å². The minimum atomic E-state index is -0.448. The molecule has 34 heavy (non-hydrogen) atoms. The molecule has 180 valence electrons. The highest BCUT2D eigenvalue weighted by molar-refractivity contribution is 5.90. The molecule has 5 rings (SSSR count). The monoisotopic (exact) mass is 460 g/mol. The van der Waals surface area contributed by atoms with E-state index in [2.05, 4.69) is 34.6 Å². The molecule has 0 aromatic heterocycles. The summed E-state index contributed by atoms with van der Waals surface area (Å²) in [7, 11) is 0. The molecule has 0 saturated heterocycles. The summed E-state index contributed by atoms with van der Waals surface area (Å²) in [5, 5.41) is 0. The van der Waals surface area contributed by atoms with E-state index >= 15 is 0 Å². The summed E-state index contributed by atoms with van der Waals surface area (Å²) < 4.78 is 12.2. The van der Waals surface area contributed by atoms with Crippen LogP contribution in [0.4, 0.5) is 0 Å². The van der Waals surface area contributed by atoms with Crippen LogP contribution in [0.25, 0.3) is 0 Å². The summed E-state index contributed by atoms with van der Waals surface area (Å²) >= 11 is 0. The summed E-state index contributed by atoms with van der Waals surface area (Å²) in [4.78, 5) is 26.1. The Morgan fingerprint density at radius 2 is 1.03 bits per heavy atom. The van der Waals surface area contributed by atoms with E-state index in [4.69, 9.17) is 9.47 Å². The van der Waals surface area contributed by atoms with Crippen LogP contribution >= 0.6 is 0 Å². The van der Waals surface area contributed by atoms with Crippen LogP contribution in [-0.4, -0.2) is 24.1 Å². The molecular formula is C30H36O4. The number of carbonyl (C=O) groups is 2. The topological polar surface area (TPSA) is 52.6 Å². The first-order valence-electron chi connectivity index (χ1n) is 12.7. The van der Waals surface area contributed by atoms with Crippen molar-refractivity contribution in [1.29, 1.82) is 0 Å². The van der Waals surface area contributed by atoms with E-state index in [-0.39, 0.29) is 22.8 Å².